The van der Waals surface area contributed by atoms with Gasteiger partial charge in [-0.3, -0.25) is 19.3 Å². The molecule has 1 saturated carbocycles. The molecule has 194 valence electrons. The lowest BCUT2D eigenvalue weighted by Crippen LogP contribution is -2.76. The Morgan fingerprint density at radius 2 is 1.81 bits per heavy atom. The molecule has 0 aliphatic heterocycles. The summed E-state index contributed by atoms with van der Waals surface area (Å²) >= 11 is 0. The molecule has 10 nitrogen and oxygen atoms in total. The van der Waals surface area contributed by atoms with Crippen LogP contribution in [0.15, 0.2) is 41.2 Å². The monoisotopic (exact) mass is 500 g/mol. The topological polar surface area (TPSA) is 171 Å². The fourth-order valence-electron chi connectivity index (χ4n) is 6.14. The van der Waals surface area contributed by atoms with Crippen LogP contribution >= 0.6 is 0 Å². The van der Waals surface area contributed by atoms with Crippen LogP contribution in [-0.2, 0) is 19.1 Å². The standard InChI is InChI=1S/C26H32N2O8/c1-5-6-11-36-26(28(3)4)20-19(30)15-12(2)13-9-7-8-10-14(13)18(29)16(15)21(31)25(20,35)22(32)17(23(26)33)24(27)34/h7-10,12,15,19-20,29-30,33,35H,5-6,11H2,1-4H3,(H2,27,34). The van der Waals surface area contributed by atoms with Crippen molar-refractivity contribution in [3.05, 3.63) is 52.3 Å². The van der Waals surface area contributed by atoms with E-state index in [-0.39, 0.29) is 12.2 Å². The lowest BCUT2D eigenvalue weighted by molar-refractivity contribution is -0.247. The number of primary amides is 1. The fraction of sp³-hybridized carbons (Fsp3) is 0.500. The zero-order valence-corrected chi connectivity index (χ0v) is 20.7. The highest BCUT2D eigenvalue weighted by atomic mass is 16.5. The number of nitrogens with two attached hydrogens (primary N) is 1. The number of unbranched alkanes of at least 4 members (excludes halogenated alkanes) is 1. The molecule has 0 saturated heterocycles. The predicted molar refractivity (Wildman–Crippen MR) is 128 cm³/mol. The van der Waals surface area contributed by atoms with Crippen molar-refractivity contribution in [2.24, 2.45) is 17.6 Å². The molecule has 1 amide bonds. The number of carbonyl (C=O) groups is 3. The van der Waals surface area contributed by atoms with E-state index in [4.69, 9.17) is 10.5 Å². The van der Waals surface area contributed by atoms with Gasteiger partial charge in [-0.25, -0.2) is 0 Å². The molecule has 3 aliphatic rings. The van der Waals surface area contributed by atoms with E-state index in [1.807, 2.05) is 6.92 Å². The second kappa shape index (κ2) is 8.81. The van der Waals surface area contributed by atoms with Gasteiger partial charge in [-0.2, -0.15) is 0 Å². The Balaban J connectivity index is 2.06. The molecule has 10 heteroatoms. The molecule has 0 radical (unpaired) electrons. The Labute approximate surface area is 208 Å². The molecule has 1 fully saturated rings. The third-order valence-corrected chi connectivity index (χ3v) is 7.89. The Kier molecular flexibility index (Phi) is 6.37. The van der Waals surface area contributed by atoms with Crippen LogP contribution in [0.25, 0.3) is 5.76 Å². The molecule has 0 heterocycles. The first-order valence-corrected chi connectivity index (χ1v) is 12.0. The normalized spacial score (nSPS) is 34.0. The molecule has 6 unspecified atom stereocenters. The quantitative estimate of drug-likeness (QED) is 0.165. The number of rotatable bonds is 6. The number of hydrogen-bond acceptors (Lipinski definition) is 9. The summed E-state index contributed by atoms with van der Waals surface area (Å²) < 4.78 is 6.09. The van der Waals surface area contributed by atoms with Crippen LogP contribution in [0, 0.1) is 11.8 Å². The van der Waals surface area contributed by atoms with E-state index in [0.29, 0.717) is 24.0 Å². The molecule has 3 aliphatic carbocycles. The van der Waals surface area contributed by atoms with Crippen LogP contribution in [0.1, 0.15) is 43.7 Å². The van der Waals surface area contributed by atoms with Crippen molar-refractivity contribution in [3.63, 3.8) is 0 Å². The Morgan fingerprint density at radius 3 is 2.39 bits per heavy atom. The molecule has 1 aromatic rings. The summed E-state index contributed by atoms with van der Waals surface area (Å²) in [5, 5.41) is 46.2. The van der Waals surface area contributed by atoms with Crippen molar-refractivity contribution in [1.29, 1.82) is 0 Å². The van der Waals surface area contributed by atoms with Crippen LogP contribution in [0.5, 0.6) is 0 Å². The van der Waals surface area contributed by atoms with Crippen LogP contribution in [0.2, 0.25) is 0 Å². The first kappa shape index (κ1) is 26.0. The zero-order chi connectivity index (χ0) is 26.7. The summed E-state index contributed by atoms with van der Waals surface area (Å²) in [7, 11) is 2.94. The Bertz CT molecular complexity index is 1200. The number of ketones is 2. The highest BCUT2D eigenvalue weighted by molar-refractivity contribution is 6.33. The van der Waals surface area contributed by atoms with Crippen molar-refractivity contribution in [3.8, 4) is 0 Å². The van der Waals surface area contributed by atoms with Gasteiger partial charge in [-0.05, 0) is 32.0 Å². The number of amides is 1. The van der Waals surface area contributed by atoms with Gasteiger partial charge in [0.05, 0.1) is 12.0 Å². The van der Waals surface area contributed by atoms with E-state index in [2.05, 4.69) is 0 Å². The maximum absolute atomic E-state index is 14.0. The van der Waals surface area contributed by atoms with E-state index < -0.39 is 69.7 Å². The summed E-state index contributed by atoms with van der Waals surface area (Å²) in [6.45, 7) is 3.68. The van der Waals surface area contributed by atoms with Crippen molar-refractivity contribution >= 4 is 23.2 Å². The molecular weight excluding hydrogens is 468 g/mol. The van der Waals surface area contributed by atoms with E-state index >= 15 is 0 Å². The Hall–Kier alpha value is -3.05. The largest absolute Gasteiger partial charge is 0.507 e. The molecule has 6 atom stereocenters. The molecular formula is C26H32N2O8. The van der Waals surface area contributed by atoms with Gasteiger partial charge in [0.25, 0.3) is 5.91 Å². The highest BCUT2D eigenvalue weighted by Crippen LogP contribution is 2.57. The second-order valence-corrected chi connectivity index (χ2v) is 9.94. The van der Waals surface area contributed by atoms with Gasteiger partial charge >= 0.3 is 0 Å². The van der Waals surface area contributed by atoms with Gasteiger partial charge in [0.2, 0.25) is 17.2 Å². The van der Waals surface area contributed by atoms with Gasteiger partial charge in [-0.15, -0.1) is 0 Å². The summed E-state index contributed by atoms with van der Waals surface area (Å²) in [6.07, 6.45) is -0.446. The SMILES string of the molecule is CCCCOC1(N(C)C)C(O)=C(C(N)=O)C(=O)C2(O)C(=O)C3=C(O)c4ccccc4C(C)C3C(O)C21. The highest BCUT2D eigenvalue weighted by Gasteiger charge is 2.74. The van der Waals surface area contributed by atoms with Crippen molar-refractivity contribution in [2.45, 2.75) is 50.0 Å². The van der Waals surface area contributed by atoms with Crippen LogP contribution in [0.3, 0.4) is 0 Å². The number of hydrogen-bond donors (Lipinski definition) is 5. The zero-order valence-electron chi connectivity index (χ0n) is 20.7. The number of ether oxygens (including phenoxy) is 1. The number of fused-ring (bicyclic) bond motifs is 3. The summed E-state index contributed by atoms with van der Waals surface area (Å²) in [5.41, 5.74) is -0.0416. The van der Waals surface area contributed by atoms with Gasteiger partial charge in [0.1, 0.15) is 11.3 Å². The number of carbonyl (C=O) groups excluding carboxylic acids is 3. The van der Waals surface area contributed by atoms with Gasteiger partial charge in [0, 0.05) is 23.7 Å². The van der Waals surface area contributed by atoms with Crippen LogP contribution < -0.4 is 5.73 Å². The van der Waals surface area contributed by atoms with Gasteiger partial charge in [-0.1, -0.05) is 44.5 Å². The minimum Gasteiger partial charge on any atom is -0.507 e. The smallest absolute Gasteiger partial charge is 0.256 e. The first-order valence-electron chi connectivity index (χ1n) is 12.0. The predicted octanol–water partition coefficient (Wildman–Crippen LogP) is 0.935. The van der Waals surface area contributed by atoms with E-state index in [9.17, 15) is 34.8 Å². The average Bonchev–Trinajstić information content (AvgIpc) is 2.82. The molecule has 0 spiro atoms. The lowest BCUT2D eigenvalue weighted by atomic mass is 9.53. The summed E-state index contributed by atoms with van der Waals surface area (Å²) in [4.78, 5) is 41.2. The molecule has 0 bridgehead atoms. The minimum atomic E-state index is -3.04. The van der Waals surface area contributed by atoms with Crippen molar-refractivity contribution in [2.75, 3.05) is 20.7 Å². The number of aliphatic hydroxyl groups excluding tert-OH is 3. The van der Waals surface area contributed by atoms with Gasteiger partial charge in [0.15, 0.2) is 11.5 Å². The second-order valence-electron chi connectivity index (χ2n) is 9.94. The molecule has 6 N–H and O–H groups in total. The maximum Gasteiger partial charge on any atom is 0.256 e. The van der Waals surface area contributed by atoms with Crippen LogP contribution in [0.4, 0.5) is 0 Å². The molecule has 4 rings (SSSR count). The van der Waals surface area contributed by atoms with Crippen LogP contribution in [-0.4, -0.2) is 80.9 Å². The summed E-state index contributed by atoms with van der Waals surface area (Å²) in [6, 6.07) is 6.79. The van der Waals surface area contributed by atoms with E-state index in [1.54, 1.807) is 31.2 Å². The third kappa shape index (κ3) is 3.15. The van der Waals surface area contributed by atoms with Gasteiger partial charge < -0.3 is 30.9 Å². The maximum atomic E-state index is 14.0. The van der Waals surface area contributed by atoms with Crippen molar-refractivity contribution in [1.82, 2.24) is 4.90 Å². The molecule has 1 aromatic carbocycles. The lowest BCUT2D eigenvalue weighted by Gasteiger charge is -2.58. The minimum absolute atomic E-state index is 0.0173. The number of benzene rings is 1. The first-order chi connectivity index (χ1) is 16.9. The molecule has 36 heavy (non-hydrogen) atoms. The van der Waals surface area contributed by atoms with E-state index in [1.165, 1.54) is 19.0 Å². The number of nitrogens with zero attached hydrogens (tertiary/aromatic N) is 1. The van der Waals surface area contributed by atoms with Crippen molar-refractivity contribution < 1.29 is 39.5 Å². The fourth-order valence-corrected chi connectivity index (χ4v) is 6.14. The molecule has 0 aromatic heterocycles. The Morgan fingerprint density at radius 1 is 1.17 bits per heavy atom. The van der Waals surface area contributed by atoms with E-state index in [0.717, 1.165) is 0 Å². The number of Topliss-reactive ketones (excluding diaryl/α,β-unsaturated/α-hetero) is 2. The number of aliphatic hydroxyl groups is 4. The third-order valence-electron chi connectivity index (χ3n) is 7.89. The number of likely N-dealkylation sites (N-methyl/N-ethyl adjacent to an activating group) is 1. The average molecular weight is 501 g/mol. The summed E-state index contributed by atoms with van der Waals surface area (Å²) in [5.74, 6) is -8.59.